The molecule has 4 heteroatoms. The van der Waals surface area contributed by atoms with Gasteiger partial charge in [0.1, 0.15) is 0 Å². The van der Waals surface area contributed by atoms with E-state index in [4.69, 9.17) is 30.0 Å². The Morgan fingerprint density at radius 2 is 1.25 bits per heavy atom. The predicted octanol–water partition coefficient (Wildman–Crippen LogP) is 4.80. The number of halogens is 3. The van der Waals surface area contributed by atoms with Crippen LogP contribution in [-0.2, 0) is 0 Å². The van der Waals surface area contributed by atoms with E-state index in [0.717, 1.165) is 4.40 Å². The van der Waals surface area contributed by atoms with Crippen molar-refractivity contribution in [2.75, 3.05) is 0 Å². The molecule has 0 saturated heterocycles. The minimum atomic E-state index is -3.35. The molecular weight excluding hydrogens is 323 g/mol. The predicted molar refractivity (Wildman–Crippen MR) is 77.6 cm³/mol. The third-order valence-corrected chi connectivity index (χ3v) is 8.00. The van der Waals surface area contributed by atoms with Gasteiger partial charge in [-0.1, -0.05) is 0 Å². The molecule has 0 nitrogen and oxygen atoms in total. The second-order valence-corrected chi connectivity index (χ2v) is 19.6. The van der Waals surface area contributed by atoms with Crippen molar-refractivity contribution in [3.05, 3.63) is 29.3 Å². The molecule has 0 saturated carbocycles. The second-order valence-electron chi connectivity index (χ2n) is 4.62. The zero-order chi connectivity index (χ0) is 12.5. The van der Waals surface area contributed by atoms with Crippen molar-refractivity contribution in [3.63, 3.8) is 0 Å². The van der Waals surface area contributed by atoms with E-state index in [1.807, 2.05) is 0 Å². The molecule has 0 amide bonds. The molecule has 0 unspecified atom stereocenters. The van der Waals surface area contributed by atoms with Gasteiger partial charge < -0.3 is 0 Å². The Bertz CT molecular complexity index is 341. The summed E-state index contributed by atoms with van der Waals surface area (Å²) in [7, 11) is 15.5. The molecule has 0 aromatic heterocycles. The molecule has 16 heavy (non-hydrogen) atoms. The minimum absolute atomic E-state index is 0.398. The summed E-state index contributed by atoms with van der Waals surface area (Å²) in [6, 6.07) is 6.23. The molecule has 1 aromatic carbocycles. The Hall–Kier alpha value is 0.633. The topological polar surface area (TPSA) is 0 Å². The Labute approximate surface area is 113 Å². The van der Waals surface area contributed by atoms with Gasteiger partial charge in [-0.15, -0.1) is 0 Å². The second kappa shape index (κ2) is 5.52. The van der Waals surface area contributed by atoms with Gasteiger partial charge >= 0.3 is 114 Å². The van der Waals surface area contributed by atoms with Crippen molar-refractivity contribution < 1.29 is 0 Å². The first kappa shape index (κ1) is 14.7. The van der Waals surface area contributed by atoms with Crippen LogP contribution in [0.5, 0.6) is 0 Å². The SMILES string of the molecule is CC(C)c1cccc(C(C)C)[c]1[Ge]([Cl])([Cl])[Cl]. The van der Waals surface area contributed by atoms with Crippen molar-refractivity contribution in [3.8, 4) is 0 Å². The maximum atomic E-state index is 6.28. The normalized spacial score (nSPS) is 12.6. The summed E-state index contributed by atoms with van der Waals surface area (Å²) < 4.78 is 1.04. The molecule has 0 bridgehead atoms. The van der Waals surface area contributed by atoms with Gasteiger partial charge in [-0.2, -0.15) is 0 Å². The fourth-order valence-electron chi connectivity index (χ4n) is 1.88. The molecule has 0 aliphatic heterocycles. The van der Waals surface area contributed by atoms with Crippen LogP contribution >= 0.6 is 30.0 Å². The summed E-state index contributed by atoms with van der Waals surface area (Å²) in [5, 5.41) is 0. The van der Waals surface area contributed by atoms with Gasteiger partial charge in [0.15, 0.2) is 0 Å². The van der Waals surface area contributed by atoms with E-state index in [0.29, 0.717) is 11.8 Å². The molecule has 0 radical (unpaired) electrons. The van der Waals surface area contributed by atoms with Gasteiger partial charge in [0.05, 0.1) is 0 Å². The van der Waals surface area contributed by atoms with Crippen LogP contribution in [0.4, 0.5) is 0 Å². The molecule has 90 valence electrons. The fourth-order valence-corrected chi connectivity index (χ4v) is 8.21. The quantitative estimate of drug-likeness (QED) is 0.694. The molecule has 0 heterocycles. The van der Waals surface area contributed by atoms with E-state index < -0.39 is 10.5 Å². The van der Waals surface area contributed by atoms with E-state index in [2.05, 4.69) is 45.9 Å². The van der Waals surface area contributed by atoms with E-state index in [9.17, 15) is 0 Å². The Morgan fingerprint density at radius 1 is 0.875 bits per heavy atom. The summed E-state index contributed by atoms with van der Waals surface area (Å²) >= 11 is 0. The van der Waals surface area contributed by atoms with E-state index in [1.54, 1.807) is 0 Å². The average Bonchev–Trinajstić information content (AvgIpc) is 2.15. The van der Waals surface area contributed by atoms with Gasteiger partial charge in [0.2, 0.25) is 0 Å². The summed E-state index contributed by atoms with van der Waals surface area (Å²) in [5.74, 6) is 0.796. The van der Waals surface area contributed by atoms with E-state index >= 15 is 0 Å². The van der Waals surface area contributed by atoms with E-state index in [-0.39, 0.29) is 0 Å². The zero-order valence-corrected chi connectivity index (χ0v) is 14.4. The standard InChI is InChI=1S/C12H17Cl3Ge/c1-8(2)10-6-5-7-11(9(3)4)12(10)16(13,14)15/h5-9H,1-4H3. The first-order chi connectivity index (χ1) is 7.25. The van der Waals surface area contributed by atoms with Crippen LogP contribution in [0.2, 0.25) is 0 Å². The number of hydrogen-bond acceptors (Lipinski definition) is 0. The van der Waals surface area contributed by atoms with Crippen LogP contribution < -0.4 is 4.40 Å². The molecule has 0 N–H and O–H groups in total. The van der Waals surface area contributed by atoms with Crippen molar-refractivity contribution in [1.29, 1.82) is 0 Å². The fraction of sp³-hybridized carbons (Fsp3) is 0.500. The Kier molecular flexibility index (Phi) is 5.07. The first-order valence-corrected chi connectivity index (χ1v) is 14.8. The third kappa shape index (κ3) is 3.32. The summed E-state index contributed by atoms with van der Waals surface area (Å²) in [6.07, 6.45) is 0. The van der Waals surface area contributed by atoms with Crippen LogP contribution in [0.3, 0.4) is 0 Å². The first-order valence-electron chi connectivity index (χ1n) is 5.45. The average molecular weight is 340 g/mol. The maximum absolute atomic E-state index is 6.28. The summed E-state index contributed by atoms with van der Waals surface area (Å²) in [5.41, 5.74) is 2.40. The summed E-state index contributed by atoms with van der Waals surface area (Å²) in [6.45, 7) is 8.56. The Balaban J connectivity index is 3.48. The molecule has 0 spiro atoms. The molecule has 0 aliphatic carbocycles. The van der Waals surface area contributed by atoms with Crippen molar-refractivity contribution >= 4 is 44.9 Å². The zero-order valence-electron chi connectivity index (χ0n) is 10.0. The van der Waals surface area contributed by atoms with Crippen molar-refractivity contribution in [2.24, 2.45) is 0 Å². The number of benzene rings is 1. The van der Waals surface area contributed by atoms with Gasteiger partial charge in [-0.05, 0) is 0 Å². The summed E-state index contributed by atoms with van der Waals surface area (Å²) in [4.78, 5) is 0. The van der Waals surface area contributed by atoms with Crippen molar-refractivity contribution in [1.82, 2.24) is 0 Å². The van der Waals surface area contributed by atoms with Crippen LogP contribution in [0.25, 0.3) is 0 Å². The molecule has 1 aromatic rings. The van der Waals surface area contributed by atoms with Crippen LogP contribution in [0.15, 0.2) is 18.2 Å². The Morgan fingerprint density at radius 3 is 1.50 bits per heavy atom. The molecular formula is C12H17Cl3Ge. The van der Waals surface area contributed by atoms with Gasteiger partial charge in [0, 0.05) is 0 Å². The monoisotopic (exact) mass is 340 g/mol. The number of rotatable bonds is 3. The molecule has 0 aliphatic rings. The van der Waals surface area contributed by atoms with Crippen LogP contribution in [0.1, 0.15) is 50.7 Å². The molecule has 1 rings (SSSR count). The molecule has 0 atom stereocenters. The van der Waals surface area contributed by atoms with Crippen LogP contribution in [-0.4, -0.2) is 10.5 Å². The number of hydrogen-bond donors (Lipinski definition) is 0. The van der Waals surface area contributed by atoms with Crippen LogP contribution in [0, 0.1) is 0 Å². The van der Waals surface area contributed by atoms with Gasteiger partial charge in [-0.3, -0.25) is 0 Å². The van der Waals surface area contributed by atoms with Crippen molar-refractivity contribution in [2.45, 2.75) is 39.5 Å². The molecule has 0 fully saturated rings. The van der Waals surface area contributed by atoms with E-state index in [1.165, 1.54) is 11.1 Å². The van der Waals surface area contributed by atoms with Gasteiger partial charge in [-0.25, -0.2) is 0 Å². The van der Waals surface area contributed by atoms with Gasteiger partial charge in [0.25, 0.3) is 0 Å². The third-order valence-electron chi connectivity index (χ3n) is 2.66.